The van der Waals surface area contributed by atoms with Gasteiger partial charge in [-0.2, -0.15) is 9.97 Å². The standard InChI is InChI=1S/C7H9N5O2/c1-5-10-7(12-14-5)3-8-2-6-9-4-13-11-6/h4,8H,2-3H2,1H3. The molecule has 0 saturated heterocycles. The van der Waals surface area contributed by atoms with Crippen LogP contribution in [0.25, 0.3) is 0 Å². The fourth-order valence-corrected chi connectivity index (χ4v) is 0.970. The first kappa shape index (κ1) is 8.82. The summed E-state index contributed by atoms with van der Waals surface area (Å²) in [6, 6.07) is 0. The zero-order valence-corrected chi connectivity index (χ0v) is 7.60. The molecule has 0 spiro atoms. The molecule has 0 atom stereocenters. The second kappa shape index (κ2) is 3.97. The van der Waals surface area contributed by atoms with Crippen molar-refractivity contribution in [1.29, 1.82) is 0 Å². The lowest BCUT2D eigenvalue weighted by Gasteiger charge is -1.94. The van der Waals surface area contributed by atoms with Crippen molar-refractivity contribution in [2.24, 2.45) is 0 Å². The van der Waals surface area contributed by atoms with E-state index in [-0.39, 0.29) is 0 Å². The molecule has 0 aliphatic rings. The monoisotopic (exact) mass is 195 g/mol. The zero-order valence-electron chi connectivity index (χ0n) is 7.60. The Morgan fingerprint density at radius 1 is 1.29 bits per heavy atom. The van der Waals surface area contributed by atoms with Gasteiger partial charge in [-0.1, -0.05) is 10.3 Å². The highest BCUT2D eigenvalue weighted by molar-refractivity contribution is 4.84. The lowest BCUT2D eigenvalue weighted by molar-refractivity contribution is 0.384. The van der Waals surface area contributed by atoms with Crippen molar-refractivity contribution < 1.29 is 9.05 Å². The van der Waals surface area contributed by atoms with Crippen LogP contribution >= 0.6 is 0 Å². The summed E-state index contributed by atoms with van der Waals surface area (Å²) in [5.74, 6) is 1.78. The molecule has 0 aliphatic heterocycles. The predicted molar refractivity (Wildman–Crippen MR) is 43.9 cm³/mol. The largest absolute Gasteiger partial charge is 0.343 e. The first-order valence-corrected chi connectivity index (χ1v) is 4.10. The molecule has 7 heteroatoms. The van der Waals surface area contributed by atoms with Gasteiger partial charge in [0.05, 0.1) is 13.1 Å². The van der Waals surface area contributed by atoms with Gasteiger partial charge in [0.2, 0.25) is 12.3 Å². The Bertz CT molecular complexity index is 382. The van der Waals surface area contributed by atoms with Gasteiger partial charge in [-0.15, -0.1) is 0 Å². The zero-order chi connectivity index (χ0) is 9.80. The molecule has 0 saturated carbocycles. The molecule has 0 amide bonds. The van der Waals surface area contributed by atoms with E-state index in [1.807, 2.05) is 0 Å². The summed E-state index contributed by atoms with van der Waals surface area (Å²) < 4.78 is 9.37. The molecule has 0 unspecified atom stereocenters. The van der Waals surface area contributed by atoms with Crippen molar-refractivity contribution in [2.45, 2.75) is 20.0 Å². The van der Waals surface area contributed by atoms with Gasteiger partial charge < -0.3 is 14.4 Å². The minimum atomic E-state index is 0.518. The number of nitrogens with zero attached hydrogens (tertiary/aromatic N) is 4. The third-order valence-electron chi connectivity index (χ3n) is 1.54. The molecule has 0 bridgehead atoms. The van der Waals surface area contributed by atoms with E-state index in [0.29, 0.717) is 30.6 Å². The number of aryl methyl sites for hydroxylation is 1. The van der Waals surface area contributed by atoms with E-state index >= 15 is 0 Å². The molecular weight excluding hydrogens is 186 g/mol. The van der Waals surface area contributed by atoms with Crippen LogP contribution in [0.2, 0.25) is 0 Å². The topological polar surface area (TPSA) is 89.9 Å². The Morgan fingerprint density at radius 2 is 2.14 bits per heavy atom. The summed E-state index contributed by atoms with van der Waals surface area (Å²) in [6.07, 6.45) is 1.29. The van der Waals surface area contributed by atoms with Crippen LogP contribution in [-0.4, -0.2) is 20.3 Å². The normalized spacial score (nSPS) is 10.6. The van der Waals surface area contributed by atoms with Crippen LogP contribution in [0.1, 0.15) is 17.5 Å². The molecule has 0 aromatic carbocycles. The lowest BCUT2D eigenvalue weighted by atomic mass is 10.5. The second-order valence-corrected chi connectivity index (χ2v) is 2.68. The van der Waals surface area contributed by atoms with Crippen molar-refractivity contribution in [2.75, 3.05) is 0 Å². The molecule has 0 aliphatic carbocycles. The summed E-state index contributed by atoms with van der Waals surface area (Å²) in [5, 5.41) is 10.4. The van der Waals surface area contributed by atoms with Gasteiger partial charge in [-0.25, -0.2) is 0 Å². The van der Waals surface area contributed by atoms with E-state index in [4.69, 9.17) is 4.52 Å². The Labute approximate surface area is 79.5 Å². The highest BCUT2D eigenvalue weighted by atomic mass is 16.5. The van der Waals surface area contributed by atoms with Crippen LogP contribution in [0.5, 0.6) is 0 Å². The molecule has 2 aromatic rings. The molecular formula is C7H9N5O2. The molecule has 7 nitrogen and oxygen atoms in total. The van der Waals surface area contributed by atoms with Crippen LogP contribution < -0.4 is 5.32 Å². The van der Waals surface area contributed by atoms with Crippen molar-refractivity contribution >= 4 is 0 Å². The van der Waals surface area contributed by atoms with E-state index in [0.717, 1.165) is 0 Å². The first-order valence-electron chi connectivity index (χ1n) is 4.10. The maximum atomic E-state index is 4.80. The molecule has 1 N–H and O–H groups in total. The average molecular weight is 195 g/mol. The number of hydrogen-bond acceptors (Lipinski definition) is 7. The third kappa shape index (κ3) is 2.13. The first-order chi connectivity index (χ1) is 6.84. The molecule has 2 rings (SSSR count). The number of hydrogen-bond donors (Lipinski definition) is 1. The van der Waals surface area contributed by atoms with Crippen molar-refractivity contribution in [3.05, 3.63) is 23.9 Å². The van der Waals surface area contributed by atoms with Crippen LogP contribution in [0.4, 0.5) is 0 Å². The van der Waals surface area contributed by atoms with E-state index in [2.05, 4.69) is 30.1 Å². The molecule has 14 heavy (non-hydrogen) atoms. The molecule has 2 aromatic heterocycles. The fourth-order valence-electron chi connectivity index (χ4n) is 0.970. The van der Waals surface area contributed by atoms with Crippen LogP contribution in [0.3, 0.4) is 0 Å². The number of nitrogens with one attached hydrogen (secondary N) is 1. The van der Waals surface area contributed by atoms with Gasteiger partial charge in [-0.3, -0.25) is 0 Å². The Morgan fingerprint density at radius 3 is 2.79 bits per heavy atom. The van der Waals surface area contributed by atoms with E-state index < -0.39 is 0 Å². The average Bonchev–Trinajstić information content (AvgIpc) is 2.77. The van der Waals surface area contributed by atoms with Gasteiger partial charge in [0, 0.05) is 6.92 Å². The summed E-state index contributed by atoms with van der Waals surface area (Å²) in [6.45, 7) is 2.78. The Hall–Kier alpha value is -1.76. The highest BCUT2D eigenvalue weighted by Crippen LogP contribution is 1.94. The maximum Gasteiger partial charge on any atom is 0.223 e. The van der Waals surface area contributed by atoms with E-state index in [9.17, 15) is 0 Å². The van der Waals surface area contributed by atoms with Crippen molar-refractivity contribution in [3.63, 3.8) is 0 Å². The SMILES string of the molecule is Cc1nc(CNCc2ncon2)no1. The molecule has 2 heterocycles. The van der Waals surface area contributed by atoms with E-state index in [1.165, 1.54) is 6.39 Å². The summed E-state index contributed by atoms with van der Waals surface area (Å²) in [7, 11) is 0. The van der Waals surface area contributed by atoms with Crippen LogP contribution in [0.15, 0.2) is 15.4 Å². The minimum Gasteiger partial charge on any atom is -0.343 e. The number of aromatic nitrogens is 4. The highest BCUT2D eigenvalue weighted by Gasteiger charge is 2.02. The summed E-state index contributed by atoms with van der Waals surface area (Å²) in [4.78, 5) is 7.87. The quantitative estimate of drug-likeness (QED) is 0.737. The molecule has 0 radical (unpaired) electrons. The maximum absolute atomic E-state index is 4.80. The van der Waals surface area contributed by atoms with Crippen LogP contribution in [-0.2, 0) is 13.1 Å². The second-order valence-electron chi connectivity index (χ2n) is 2.68. The Kier molecular flexibility index (Phi) is 2.50. The van der Waals surface area contributed by atoms with Crippen LogP contribution in [0, 0.1) is 6.92 Å². The molecule has 74 valence electrons. The minimum absolute atomic E-state index is 0.518. The Balaban J connectivity index is 1.78. The number of rotatable bonds is 4. The summed E-state index contributed by atoms with van der Waals surface area (Å²) in [5.41, 5.74) is 0. The predicted octanol–water partition coefficient (Wildman–Crippen LogP) is 0.0508. The smallest absolute Gasteiger partial charge is 0.223 e. The van der Waals surface area contributed by atoms with Gasteiger partial charge in [0.1, 0.15) is 0 Å². The van der Waals surface area contributed by atoms with Gasteiger partial charge >= 0.3 is 0 Å². The third-order valence-corrected chi connectivity index (χ3v) is 1.54. The lowest BCUT2D eigenvalue weighted by Crippen LogP contribution is -2.14. The molecule has 0 fully saturated rings. The fraction of sp³-hybridized carbons (Fsp3) is 0.429. The van der Waals surface area contributed by atoms with Gasteiger partial charge in [0.25, 0.3) is 0 Å². The van der Waals surface area contributed by atoms with Gasteiger partial charge in [0.15, 0.2) is 11.6 Å². The van der Waals surface area contributed by atoms with E-state index in [1.54, 1.807) is 6.92 Å². The van der Waals surface area contributed by atoms with Crippen molar-refractivity contribution in [1.82, 2.24) is 25.6 Å². The summed E-state index contributed by atoms with van der Waals surface area (Å²) >= 11 is 0. The van der Waals surface area contributed by atoms with Gasteiger partial charge in [-0.05, 0) is 0 Å². The van der Waals surface area contributed by atoms with Crippen molar-refractivity contribution in [3.8, 4) is 0 Å².